The first kappa shape index (κ1) is 13.1. The van der Waals surface area contributed by atoms with E-state index in [0.29, 0.717) is 17.5 Å². The van der Waals surface area contributed by atoms with Gasteiger partial charge in [-0.15, -0.1) is 0 Å². The van der Waals surface area contributed by atoms with Crippen LogP contribution in [-0.2, 0) is 4.74 Å². The van der Waals surface area contributed by atoms with E-state index in [-0.39, 0.29) is 0 Å². The van der Waals surface area contributed by atoms with E-state index >= 15 is 0 Å². The number of imidazole rings is 1. The molecule has 1 aliphatic heterocycles. The van der Waals surface area contributed by atoms with Crippen molar-refractivity contribution in [2.75, 3.05) is 44.1 Å². The Labute approximate surface area is 117 Å². The highest BCUT2D eigenvalue weighted by Gasteiger charge is 2.19. The second-order valence-electron chi connectivity index (χ2n) is 5.16. The van der Waals surface area contributed by atoms with Gasteiger partial charge in [-0.05, 0) is 18.8 Å². The lowest BCUT2D eigenvalue weighted by atomic mass is 10.00. The lowest BCUT2D eigenvalue weighted by Gasteiger charge is -2.28. The molecule has 7 heteroatoms. The van der Waals surface area contributed by atoms with Gasteiger partial charge in [0.1, 0.15) is 5.52 Å². The Morgan fingerprint density at radius 3 is 2.95 bits per heavy atom. The zero-order valence-corrected chi connectivity index (χ0v) is 11.9. The number of aromatic nitrogens is 4. The van der Waals surface area contributed by atoms with E-state index in [1.165, 1.54) is 0 Å². The van der Waals surface area contributed by atoms with Crippen molar-refractivity contribution < 1.29 is 4.74 Å². The highest BCUT2D eigenvalue weighted by molar-refractivity contribution is 5.84. The fourth-order valence-corrected chi connectivity index (χ4v) is 2.61. The summed E-state index contributed by atoms with van der Waals surface area (Å²) in [6, 6.07) is 0. The molecule has 3 heterocycles. The van der Waals surface area contributed by atoms with Gasteiger partial charge in [0.2, 0.25) is 5.95 Å². The van der Waals surface area contributed by atoms with Crippen LogP contribution < -0.4 is 10.2 Å². The number of aromatic amines is 1. The van der Waals surface area contributed by atoms with Crippen molar-refractivity contribution >= 4 is 22.9 Å². The minimum absolute atomic E-state index is 0.596. The minimum atomic E-state index is 0.596. The SMILES string of the molecule is CNc1nc(N(C)CC2CCOCC2)c2[nH]cnc2n1. The summed E-state index contributed by atoms with van der Waals surface area (Å²) >= 11 is 0. The van der Waals surface area contributed by atoms with E-state index in [0.717, 1.165) is 43.9 Å². The van der Waals surface area contributed by atoms with Crippen LogP contribution in [0.1, 0.15) is 12.8 Å². The van der Waals surface area contributed by atoms with Crippen LogP contribution in [0.3, 0.4) is 0 Å². The molecule has 0 saturated carbocycles. The van der Waals surface area contributed by atoms with Crippen molar-refractivity contribution in [1.82, 2.24) is 19.9 Å². The molecule has 1 fully saturated rings. The van der Waals surface area contributed by atoms with Crippen LogP contribution in [0.25, 0.3) is 11.2 Å². The highest BCUT2D eigenvalue weighted by Crippen LogP contribution is 2.24. The molecule has 0 bridgehead atoms. The fourth-order valence-electron chi connectivity index (χ4n) is 2.61. The third-order valence-electron chi connectivity index (χ3n) is 3.72. The van der Waals surface area contributed by atoms with E-state index < -0.39 is 0 Å². The van der Waals surface area contributed by atoms with Crippen molar-refractivity contribution in [2.24, 2.45) is 5.92 Å². The molecular weight excluding hydrogens is 256 g/mol. The minimum Gasteiger partial charge on any atom is -0.381 e. The Hall–Kier alpha value is -1.89. The Kier molecular flexibility index (Phi) is 3.68. The van der Waals surface area contributed by atoms with Crippen LogP contribution in [0.2, 0.25) is 0 Å². The monoisotopic (exact) mass is 276 g/mol. The number of hydrogen-bond donors (Lipinski definition) is 2. The summed E-state index contributed by atoms with van der Waals surface area (Å²) in [5, 5.41) is 2.99. The molecule has 20 heavy (non-hydrogen) atoms. The van der Waals surface area contributed by atoms with Crippen molar-refractivity contribution in [1.29, 1.82) is 0 Å². The maximum atomic E-state index is 5.41. The molecule has 7 nitrogen and oxygen atoms in total. The maximum absolute atomic E-state index is 5.41. The molecule has 0 radical (unpaired) electrons. The number of nitrogens with zero attached hydrogens (tertiary/aromatic N) is 4. The predicted molar refractivity (Wildman–Crippen MR) is 78.0 cm³/mol. The van der Waals surface area contributed by atoms with E-state index in [9.17, 15) is 0 Å². The van der Waals surface area contributed by atoms with Crippen LogP contribution in [0.4, 0.5) is 11.8 Å². The van der Waals surface area contributed by atoms with Crippen molar-refractivity contribution in [3.8, 4) is 0 Å². The second-order valence-corrected chi connectivity index (χ2v) is 5.16. The predicted octanol–water partition coefficient (Wildman–Crippen LogP) is 1.26. The summed E-state index contributed by atoms with van der Waals surface area (Å²) in [4.78, 5) is 18.4. The number of hydrogen-bond acceptors (Lipinski definition) is 6. The first-order valence-electron chi connectivity index (χ1n) is 6.95. The van der Waals surface area contributed by atoms with Gasteiger partial charge in [0, 0.05) is 33.9 Å². The largest absolute Gasteiger partial charge is 0.381 e. The molecule has 0 aliphatic carbocycles. The third-order valence-corrected chi connectivity index (χ3v) is 3.72. The molecule has 0 amide bonds. The van der Waals surface area contributed by atoms with Crippen molar-refractivity contribution in [3.05, 3.63) is 6.33 Å². The highest BCUT2D eigenvalue weighted by atomic mass is 16.5. The number of ether oxygens (including phenoxy) is 1. The molecule has 1 saturated heterocycles. The third kappa shape index (κ3) is 2.53. The Bertz CT molecular complexity index is 577. The molecule has 108 valence electrons. The fraction of sp³-hybridized carbons (Fsp3) is 0.615. The lowest BCUT2D eigenvalue weighted by molar-refractivity contribution is 0.0685. The first-order valence-corrected chi connectivity index (χ1v) is 6.95. The van der Waals surface area contributed by atoms with E-state index in [2.05, 4.69) is 37.2 Å². The molecule has 0 aromatic carbocycles. The molecule has 2 aromatic rings. The number of rotatable bonds is 4. The van der Waals surface area contributed by atoms with Crippen LogP contribution >= 0.6 is 0 Å². The molecule has 2 aromatic heterocycles. The average molecular weight is 276 g/mol. The van der Waals surface area contributed by atoms with Gasteiger partial charge in [-0.1, -0.05) is 0 Å². The molecule has 1 aliphatic rings. The Morgan fingerprint density at radius 1 is 1.40 bits per heavy atom. The maximum Gasteiger partial charge on any atom is 0.226 e. The molecule has 2 N–H and O–H groups in total. The molecule has 0 unspecified atom stereocenters. The summed E-state index contributed by atoms with van der Waals surface area (Å²) in [7, 11) is 3.88. The van der Waals surface area contributed by atoms with Gasteiger partial charge in [0.15, 0.2) is 11.5 Å². The van der Waals surface area contributed by atoms with E-state index in [1.54, 1.807) is 6.33 Å². The van der Waals surface area contributed by atoms with E-state index in [1.807, 2.05) is 7.05 Å². The zero-order valence-electron chi connectivity index (χ0n) is 11.9. The number of fused-ring (bicyclic) bond motifs is 1. The average Bonchev–Trinajstić information content (AvgIpc) is 2.95. The summed E-state index contributed by atoms with van der Waals surface area (Å²) in [5.41, 5.74) is 1.58. The Morgan fingerprint density at radius 2 is 2.20 bits per heavy atom. The lowest BCUT2D eigenvalue weighted by Crippen LogP contribution is -2.30. The number of anilines is 2. The van der Waals surface area contributed by atoms with Crippen molar-refractivity contribution in [3.63, 3.8) is 0 Å². The second kappa shape index (κ2) is 5.62. The summed E-state index contributed by atoms with van der Waals surface area (Å²) in [5.74, 6) is 2.14. The molecule has 3 rings (SSSR count). The van der Waals surface area contributed by atoms with Crippen LogP contribution in [0.5, 0.6) is 0 Å². The first-order chi connectivity index (χ1) is 9.78. The summed E-state index contributed by atoms with van der Waals surface area (Å²) in [6.45, 7) is 2.70. The topological polar surface area (TPSA) is 79.0 Å². The van der Waals surface area contributed by atoms with Gasteiger partial charge in [-0.2, -0.15) is 9.97 Å². The number of nitrogens with one attached hydrogen (secondary N) is 2. The summed E-state index contributed by atoms with van der Waals surface area (Å²) in [6.07, 6.45) is 3.88. The smallest absolute Gasteiger partial charge is 0.226 e. The van der Waals surface area contributed by atoms with Crippen LogP contribution in [-0.4, -0.2) is 53.8 Å². The number of H-pyrrole nitrogens is 1. The quantitative estimate of drug-likeness (QED) is 0.875. The normalized spacial score (nSPS) is 16.5. The van der Waals surface area contributed by atoms with E-state index in [4.69, 9.17) is 4.74 Å². The van der Waals surface area contributed by atoms with Gasteiger partial charge in [0.25, 0.3) is 0 Å². The Balaban J connectivity index is 1.85. The summed E-state index contributed by atoms with van der Waals surface area (Å²) < 4.78 is 5.41. The van der Waals surface area contributed by atoms with Crippen molar-refractivity contribution in [2.45, 2.75) is 12.8 Å². The van der Waals surface area contributed by atoms with Gasteiger partial charge in [-0.3, -0.25) is 0 Å². The van der Waals surface area contributed by atoms with Crippen LogP contribution in [0, 0.1) is 5.92 Å². The standard InChI is InChI=1S/C13H20N6O/c1-14-13-17-11-10(15-8-16-11)12(18-13)19(2)7-9-3-5-20-6-4-9/h8-9H,3-7H2,1-2H3,(H2,14,15,16,17,18). The molecular formula is C13H20N6O. The zero-order chi connectivity index (χ0) is 13.9. The molecule has 0 spiro atoms. The van der Waals surface area contributed by atoms with Gasteiger partial charge >= 0.3 is 0 Å². The van der Waals surface area contributed by atoms with Crippen LogP contribution in [0.15, 0.2) is 6.33 Å². The molecule has 0 atom stereocenters. The van der Waals surface area contributed by atoms with Gasteiger partial charge in [0.05, 0.1) is 6.33 Å². The van der Waals surface area contributed by atoms with Gasteiger partial charge in [-0.25, -0.2) is 4.98 Å². The van der Waals surface area contributed by atoms with Gasteiger partial charge < -0.3 is 19.9 Å².